The molecule has 1 aliphatic heterocycles. The first-order valence-corrected chi connectivity index (χ1v) is 4.46. The van der Waals surface area contributed by atoms with Crippen molar-refractivity contribution in [2.24, 2.45) is 5.73 Å². The molecule has 0 spiro atoms. The standard InChI is InChI=1S/C9H10N2OS/c10-9(13)11-7-5-12-8-4-2-1-3-6(7)8/h1-4,7H,5H2,(H3,10,11,13). The van der Waals surface area contributed by atoms with Crippen LogP contribution < -0.4 is 15.8 Å². The normalized spacial score (nSPS) is 18.9. The minimum absolute atomic E-state index is 0.105. The van der Waals surface area contributed by atoms with Gasteiger partial charge in [0, 0.05) is 5.56 Å². The van der Waals surface area contributed by atoms with Crippen molar-refractivity contribution in [1.29, 1.82) is 0 Å². The van der Waals surface area contributed by atoms with Gasteiger partial charge < -0.3 is 15.8 Å². The first-order valence-electron chi connectivity index (χ1n) is 4.05. The van der Waals surface area contributed by atoms with E-state index in [2.05, 4.69) is 5.32 Å². The van der Waals surface area contributed by atoms with Gasteiger partial charge in [-0.25, -0.2) is 0 Å². The minimum Gasteiger partial charge on any atom is -0.491 e. The van der Waals surface area contributed by atoms with E-state index in [1.54, 1.807) is 0 Å². The second-order valence-corrected chi connectivity index (χ2v) is 3.35. The van der Waals surface area contributed by atoms with E-state index in [1.165, 1.54) is 0 Å². The summed E-state index contributed by atoms with van der Waals surface area (Å²) in [5.41, 5.74) is 6.51. The Balaban J connectivity index is 2.23. The average Bonchev–Trinajstić information content (AvgIpc) is 2.48. The molecule has 0 fully saturated rings. The molecule has 0 amide bonds. The van der Waals surface area contributed by atoms with Crippen LogP contribution in [-0.4, -0.2) is 11.7 Å². The molecule has 68 valence electrons. The van der Waals surface area contributed by atoms with Gasteiger partial charge in [-0.1, -0.05) is 18.2 Å². The second-order valence-electron chi connectivity index (χ2n) is 2.91. The molecule has 3 N–H and O–H groups in total. The van der Waals surface area contributed by atoms with E-state index < -0.39 is 0 Å². The molecule has 0 saturated heterocycles. The first kappa shape index (κ1) is 8.31. The zero-order valence-electron chi connectivity index (χ0n) is 6.99. The van der Waals surface area contributed by atoms with Crippen LogP contribution >= 0.6 is 12.2 Å². The van der Waals surface area contributed by atoms with Gasteiger partial charge in [0.25, 0.3) is 0 Å². The van der Waals surface area contributed by atoms with Crippen LogP contribution in [0.5, 0.6) is 5.75 Å². The van der Waals surface area contributed by atoms with Crippen molar-refractivity contribution in [3.63, 3.8) is 0 Å². The summed E-state index contributed by atoms with van der Waals surface area (Å²) >= 11 is 4.77. The van der Waals surface area contributed by atoms with Gasteiger partial charge in [0.2, 0.25) is 0 Å². The van der Waals surface area contributed by atoms with Gasteiger partial charge in [0.05, 0.1) is 6.04 Å². The number of hydrogen-bond donors (Lipinski definition) is 2. The van der Waals surface area contributed by atoms with Gasteiger partial charge in [-0.2, -0.15) is 0 Å². The molecule has 0 bridgehead atoms. The summed E-state index contributed by atoms with van der Waals surface area (Å²) in [4.78, 5) is 0. The van der Waals surface area contributed by atoms with Gasteiger partial charge in [-0.15, -0.1) is 0 Å². The molecule has 0 radical (unpaired) electrons. The molecule has 2 rings (SSSR count). The lowest BCUT2D eigenvalue weighted by Crippen LogP contribution is -2.33. The SMILES string of the molecule is NC(=S)NC1COc2ccccc21. The number of thiocarbonyl (C=S) groups is 1. The lowest BCUT2D eigenvalue weighted by Gasteiger charge is -2.10. The van der Waals surface area contributed by atoms with E-state index in [1.807, 2.05) is 24.3 Å². The van der Waals surface area contributed by atoms with E-state index in [0.29, 0.717) is 11.7 Å². The molecule has 1 aromatic carbocycles. The Morgan fingerprint density at radius 3 is 3.08 bits per heavy atom. The molecule has 3 nitrogen and oxygen atoms in total. The van der Waals surface area contributed by atoms with Crippen molar-refractivity contribution in [3.05, 3.63) is 29.8 Å². The molecule has 13 heavy (non-hydrogen) atoms. The number of nitrogens with one attached hydrogen (secondary N) is 1. The Labute approximate surface area is 81.9 Å². The quantitative estimate of drug-likeness (QED) is 0.653. The van der Waals surface area contributed by atoms with E-state index in [-0.39, 0.29) is 6.04 Å². The van der Waals surface area contributed by atoms with Crippen LogP contribution in [0.15, 0.2) is 24.3 Å². The van der Waals surface area contributed by atoms with E-state index >= 15 is 0 Å². The van der Waals surface area contributed by atoms with Crippen LogP contribution in [0.3, 0.4) is 0 Å². The van der Waals surface area contributed by atoms with Gasteiger partial charge in [0.1, 0.15) is 12.4 Å². The molecule has 1 atom stereocenters. The van der Waals surface area contributed by atoms with Crippen LogP contribution in [0.25, 0.3) is 0 Å². The van der Waals surface area contributed by atoms with Gasteiger partial charge in [-0.05, 0) is 18.3 Å². The van der Waals surface area contributed by atoms with Crippen molar-refractivity contribution in [2.75, 3.05) is 6.61 Å². The molecule has 1 unspecified atom stereocenters. The summed E-state index contributed by atoms with van der Waals surface area (Å²) in [6.45, 7) is 0.594. The largest absolute Gasteiger partial charge is 0.491 e. The lowest BCUT2D eigenvalue weighted by atomic mass is 10.1. The number of hydrogen-bond acceptors (Lipinski definition) is 2. The molecule has 0 aliphatic carbocycles. The Morgan fingerprint density at radius 1 is 1.54 bits per heavy atom. The third-order valence-corrected chi connectivity index (χ3v) is 2.13. The van der Waals surface area contributed by atoms with Crippen molar-refractivity contribution in [2.45, 2.75) is 6.04 Å². The molecule has 0 saturated carbocycles. The number of benzene rings is 1. The van der Waals surface area contributed by atoms with Crippen LogP contribution in [0.1, 0.15) is 11.6 Å². The van der Waals surface area contributed by atoms with Crippen molar-refractivity contribution < 1.29 is 4.74 Å². The molecular formula is C9H10N2OS. The van der Waals surface area contributed by atoms with Gasteiger partial charge >= 0.3 is 0 Å². The molecule has 4 heteroatoms. The predicted molar refractivity (Wildman–Crippen MR) is 54.6 cm³/mol. The monoisotopic (exact) mass is 194 g/mol. The fourth-order valence-corrected chi connectivity index (χ4v) is 1.60. The second kappa shape index (κ2) is 3.22. The Morgan fingerprint density at radius 2 is 2.31 bits per heavy atom. The maximum Gasteiger partial charge on any atom is 0.164 e. The highest BCUT2D eigenvalue weighted by Gasteiger charge is 2.23. The molecular weight excluding hydrogens is 184 g/mol. The Hall–Kier alpha value is -1.29. The highest BCUT2D eigenvalue weighted by atomic mass is 32.1. The highest BCUT2D eigenvalue weighted by molar-refractivity contribution is 7.80. The smallest absolute Gasteiger partial charge is 0.164 e. The van der Waals surface area contributed by atoms with E-state index in [9.17, 15) is 0 Å². The van der Waals surface area contributed by atoms with Crippen molar-refractivity contribution in [1.82, 2.24) is 5.32 Å². The van der Waals surface area contributed by atoms with Crippen LogP contribution in [-0.2, 0) is 0 Å². The van der Waals surface area contributed by atoms with Crippen molar-refractivity contribution in [3.8, 4) is 5.75 Å². The maximum absolute atomic E-state index is 5.43. The summed E-state index contributed by atoms with van der Waals surface area (Å²) in [6, 6.07) is 7.98. The topological polar surface area (TPSA) is 47.3 Å². The summed E-state index contributed by atoms with van der Waals surface area (Å²) in [7, 11) is 0. The zero-order chi connectivity index (χ0) is 9.26. The molecule has 1 aliphatic rings. The summed E-state index contributed by atoms with van der Waals surface area (Å²) in [5.74, 6) is 0.913. The summed E-state index contributed by atoms with van der Waals surface area (Å²) in [5, 5.41) is 3.29. The average molecular weight is 194 g/mol. The van der Waals surface area contributed by atoms with Gasteiger partial charge in [0.15, 0.2) is 5.11 Å². The summed E-state index contributed by atoms with van der Waals surface area (Å²) < 4.78 is 5.43. The summed E-state index contributed by atoms with van der Waals surface area (Å²) in [6.07, 6.45) is 0. The zero-order valence-corrected chi connectivity index (χ0v) is 7.80. The molecule has 1 aromatic rings. The van der Waals surface area contributed by atoms with Crippen LogP contribution in [0, 0.1) is 0 Å². The third-order valence-electron chi connectivity index (χ3n) is 2.02. The number of nitrogens with two attached hydrogens (primary N) is 1. The maximum atomic E-state index is 5.43. The van der Waals surface area contributed by atoms with Crippen LogP contribution in [0.4, 0.5) is 0 Å². The molecule has 0 aromatic heterocycles. The van der Waals surface area contributed by atoms with E-state index in [4.69, 9.17) is 22.7 Å². The van der Waals surface area contributed by atoms with Crippen LogP contribution in [0.2, 0.25) is 0 Å². The number of fused-ring (bicyclic) bond motifs is 1. The van der Waals surface area contributed by atoms with Gasteiger partial charge in [-0.3, -0.25) is 0 Å². The Bertz CT molecular complexity index is 340. The van der Waals surface area contributed by atoms with Crippen molar-refractivity contribution >= 4 is 17.3 Å². The lowest BCUT2D eigenvalue weighted by molar-refractivity contribution is 0.324. The third kappa shape index (κ3) is 1.58. The predicted octanol–water partition coefficient (Wildman–Crippen LogP) is 0.953. The Kier molecular flexibility index (Phi) is 2.06. The highest BCUT2D eigenvalue weighted by Crippen LogP contribution is 2.31. The molecule has 1 heterocycles. The minimum atomic E-state index is 0.105. The number of rotatable bonds is 1. The number of para-hydroxylation sites is 1. The van der Waals surface area contributed by atoms with E-state index in [0.717, 1.165) is 11.3 Å². The number of ether oxygens (including phenoxy) is 1. The fraction of sp³-hybridized carbons (Fsp3) is 0.222. The first-order chi connectivity index (χ1) is 6.27. The fourth-order valence-electron chi connectivity index (χ4n) is 1.45.